The second-order valence-corrected chi connectivity index (χ2v) is 5.09. The number of thiazole rings is 1. The van der Waals surface area contributed by atoms with Gasteiger partial charge in [0.25, 0.3) is 0 Å². The molecule has 0 saturated carbocycles. The van der Waals surface area contributed by atoms with Gasteiger partial charge in [0, 0.05) is 14.0 Å². The molecule has 0 aliphatic rings. The predicted octanol–water partition coefficient (Wildman–Crippen LogP) is 2.19. The molecule has 0 aromatic carbocycles. The van der Waals surface area contributed by atoms with E-state index in [2.05, 4.69) is 14.7 Å². The quantitative estimate of drug-likeness (QED) is 0.641. The molecule has 2 rings (SSSR count). The molecule has 0 N–H and O–H groups in total. The largest absolute Gasteiger partial charge is 0.464 e. The van der Waals surface area contributed by atoms with Crippen LogP contribution in [0.2, 0.25) is 5.15 Å². The third kappa shape index (κ3) is 2.39. The molecule has 8 heteroatoms. The van der Waals surface area contributed by atoms with Crippen LogP contribution in [0.5, 0.6) is 0 Å². The molecule has 0 bridgehead atoms. The number of hydrogen-bond donors (Lipinski definition) is 0. The number of hydrogen-bond acceptors (Lipinski definition) is 6. The maximum absolute atomic E-state index is 11.6. The normalized spacial score (nSPS) is 10.5. The Bertz CT molecular complexity index is 662. The first-order valence-corrected chi connectivity index (χ1v) is 6.42. The summed E-state index contributed by atoms with van der Waals surface area (Å²) < 4.78 is 6.23. The molecule has 19 heavy (non-hydrogen) atoms. The fraction of sp³-hybridized carbons (Fsp3) is 0.273. The van der Waals surface area contributed by atoms with Crippen molar-refractivity contribution in [2.45, 2.75) is 6.92 Å². The first-order valence-electron chi connectivity index (χ1n) is 5.23. The molecule has 0 aliphatic heterocycles. The second-order valence-electron chi connectivity index (χ2n) is 3.71. The van der Waals surface area contributed by atoms with Crippen molar-refractivity contribution >= 4 is 34.7 Å². The number of imidazole rings is 1. The highest BCUT2D eigenvalue weighted by atomic mass is 35.5. The number of carbonyl (C=O) groups is 2. The summed E-state index contributed by atoms with van der Waals surface area (Å²) in [4.78, 5) is 31.6. The molecule has 0 amide bonds. The Morgan fingerprint density at radius 3 is 2.63 bits per heavy atom. The molecule has 0 fully saturated rings. The van der Waals surface area contributed by atoms with Crippen molar-refractivity contribution in [2.75, 3.05) is 7.11 Å². The first-order chi connectivity index (χ1) is 8.95. The number of methoxy groups -OCH3 is 1. The van der Waals surface area contributed by atoms with Crippen molar-refractivity contribution in [3.8, 4) is 10.8 Å². The highest BCUT2D eigenvalue weighted by Crippen LogP contribution is 2.29. The summed E-state index contributed by atoms with van der Waals surface area (Å²) in [6, 6.07) is 0. The van der Waals surface area contributed by atoms with Gasteiger partial charge in [-0.05, 0) is 0 Å². The minimum atomic E-state index is -0.645. The molecule has 0 aliphatic carbocycles. The fourth-order valence-electron chi connectivity index (χ4n) is 1.48. The molecule has 6 nitrogen and oxygen atoms in total. The molecule has 0 saturated heterocycles. The van der Waals surface area contributed by atoms with E-state index in [1.165, 1.54) is 20.2 Å². The van der Waals surface area contributed by atoms with Crippen LogP contribution >= 0.6 is 22.9 Å². The highest BCUT2D eigenvalue weighted by Gasteiger charge is 2.24. The van der Waals surface area contributed by atoms with Gasteiger partial charge in [0.05, 0.1) is 13.3 Å². The summed E-state index contributed by atoms with van der Waals surface area (Å²) in [6.07, 6.45) is 1.48. The average molecular weight is 300 g/mol. The molecule has 0 radical (unpaired) electrons. The lowest BCUT2D eigenvalue weighted by molar-refractivity contribution is 0.0591. The van der Waals surface area contributed by atoms with Gasteiger partial charge in [-0.1, -0.05) is 11.6 Å². The molecule has 0 spiro atoms. The predicted molar refractivity (Wildman–Crippen MR) is 70.7 cm³/mol. The third-order valence-electron chi connectivity index (χ3n) is 2.45. The van der Waals surface area contributed by atoms with E-state index in [1.807, 2.05) is 0 Å². The van der Waals surface area contributed by atoms with E-state index in [-0.39, 0.29) is 16.4 Å². The monoisotopic (exact) mass is 299 g/mol. The van der Waals surface area contributed by atoms with Crippen molar-refractivity contribution in [1.29, 1.82) is 0 Å². The summed E-state index contributed by atoms with van der Waals surface area (Å²) >= 11 is 6.99. The van der Waals surface area contributed by atoms with Gasteiger partial charge in [-0.3, -0.25) is 4.79 Å². The molecule has 2 aromatic heterocycles. The van der Waals surface area contributed by atoms with Gasteiger partial charge in [0.15, 0.2) is 22.3 Å². The standard InChI is InChI=1S/C11H10ClN3O3S/c1-5(16)8-7(11(17)18-3)14-10(19-8)9-13-4-6(12)15(9)2/h4H,1-3H3. The van der Waals surface area contributed by atoms with E-state index in [0.29, 0.717) is 16.0 Å². The van der Waals surface area contributed by atoms with E-state index in [1.54, 1.807) is 11.6 Å². The number of aromatic nitrogens is 3. The van der Waals surface area contributed by atoms with Crippen LogP contribution in [0.1, 0.15) is 27.1 Å². The minimum absolute atomic E-state index is 0.00845. The van der Waals surface area contributed by atoms with Gasteiger partial charge in [-0.15, -0.1) is 11.3 Å². The van der Waals surface area contributed by atoms with Crippen LogP contribution in [0.25, 0.3) is 10.8 Å². The maximum atomic E-state index is 11.6. The van der Waals surface area contributed by atoms with Crippen LogP contribution in [0.15, 0.2) is 6.20 Å². The molecule has 0 atom stereocenters. The number of Topliss-reactive ketones (excluding diaryl/α,β-unsaturated/α-hetero) is 1. The Hall–Kier alpha value is -1.73. The van der Waals surface area contributed by atoms with Crippen molar-refractivity contribution < 1.29 is 14.3 Å². The lowest BCUT2D eigenvalue weighted by Gasteiger charge is -1.97. The number of halogens is 1. The SMILES string of the molecule is COC(=O)c1nc(-c2ncc(Cl)n2C)sc1C(C)=O. The summed E-state index contributed by atoms with van der Waals surface area (Å²) in [5.41, 5.74) is 0.00845. The number of carbonyl (C=O) groups excluding carboxylic acids is 2. The summed E-state index contributed by atoms with van der Waals surface area (Å²) in [5.74, 6) is -0.398. The fourth-order valence-corrected chi connectivity index (χ4v) is 2.59. The van der Waals surface area contributed by atoms with Gasteiger partial charge in [-0.2, -0.15) is 0 Å². The van der Waals surface area contributed by atoms with Gasteiger partial charge < -0.3 is 9.30 Å². The number of nitrogens with zero attached hydrogens (tertiary/aromatic N) is 3. The number of esters is 1. The Labute approximate surface area is 118 Å². The van der Waals surface area contributed by atoms with Crippen LogP contribution in [-0.4, -0.2) is 33.4 Å². The number of ketones is 1. The maximum Gasteiger partial charge on any atom is 0.358 e. The third-order valence-corrected chi connectivity index (χ3v) is 3.95. The Kier molecular flexibility index (Phi) is 3.68. The molecular weight excluding hydrogens is 290 g/mol. The van der Waals surface area contributed by atoms with E-state index < -0.39 is 5.97 Å². The van der Waals surface area contributed by atoms with E-state index in [0.717, 1.165) is 11.3 Å². The van der Waals surface area contributed by atoms with Crippen LogP contribution in [0.3, 0.4) is 0 Å². The van der Waals surface area contributed by atoms with Crippen molar-refractivity contribution in [2.24, 2.45) is 7.05 Å². The lowest BCUT2D eigenvalue weighted by atomic mass is 10.3. The molecule has 2 aromatic rings. The van der Waals surface area contributed by atoms with Crippen LogP contribution in [0, 0.1) is 0 Å². The Morgan fingerprint density at radius 1 is 1.47 bits per heavy atom. The van der Waals surface area contributed by atoms with Crippen molar-refractivity contribution in [3.63, 3.8) is 0 Å². The summed E-state index contributed by atoms with van der Waals surface area (Å²) in [5, 5.41) is 0.884. The number of ether oxygens (including phenoxy) is 1. The van der Waals surface area contributed by atoms with Crippen molar-refractivity contribution in [1.82, 2.24) is 14.5 Å². The molecule has 2 heterocycles. The van der Waals surface area contributed by atoms with Crippen LogP contribution in [0.4, 0.5) is 0 Å². The second kappa shape index (κ2) is 5.10. The zero-order valence-electron chi connectivity index (χ0n) is 10.4. The van der Waals surface area contributed by atoms with Crippen LogP contribution in [-0.2, 0) is 11.8 Å². The minimum Gasteiger partial charge on any atom is -0.464 e. The van der Waals surface area contributed by atoms with Gasteiger partial charge >= 0.3 is 5.97 Å². The molecule has 100 valence electrons. The molecular formula is C11H10ClN3O3S. The zero-order valence-corrected chi connectivity index (χ0v) is 12.0. The van der Waals surface area contributed by atoms with E-state index in [4.69, 9.17) is 11.6 Å². The Balaban J connectivity index is 2.58. The van der Waals surface area contributed by atoms with Crippen LogP contribution < -0.4 is 0 Å². The topological polar surface area (TPSA) is 74.1 Å². The van der Waals surface area contributed by atoms with Gasteiger partial charge in [-0.25, -0.2) is 14.8 Å². The van der Waals surface area contributed by atoms with Gasteiger partial charge in [0.1, 0.15) is 10.0 Å². The average Bonchev–Trinajstić information content (AvgIpc) is 2.94. The summed E-state index contributed by atoms with van der Waals surface area (Å²) in [7, 11) is 2.96. The highest BCUT2D eigenvalue weighted by molar-refractivity contribution is 7.17. The first kappa shape index (κ1) is 13.7. The zero-order chi connectivity index (χ0) is 14.2. The Morgan fingerprint density at radius 2 is 2.16 bits per heavy atom. The van der Waals surface area contributed by atoms with Crippen molar-refractivity contribution in [3.05, 3.63) is 21.9 Å². The number of rotatable bonds is 3. The van der Waals surface area contributed by atoms with Gasteiger partial charge in [0.2, 0.25) is 0 Å². The van der Waals surface area contributed by atoms with E-state index in [9.17, 15) is 9.59 Å². The summed E-state index contributed by atoms with van der Waals surface area (Å²) in [6.45, 7) is 1.37. The molecule has 0 unspecified atom stereocenters. The smallest absolute Gasteiger partial charge is 0.358 e. The van der Waals surface area contributed by atoms with E-state index >= 15 is 0 Å². The lowest BCUT2D eigenvalue weighted by Crippen LogP contribution is -2.07.